The molecule has 0 radical (unpaired) electrons. The Morgan fingerprint density at radius 2 is 1.58 bits per heavy atom. The Morgan fingerprint density at radius 3 is 2.10 bits per heavy atom. The quantitative estimate of drug-likeness (QED) is 0.471. The summed E-state index contributed by atoms with van der Waals surface area (Å²) in [6.45, 7) is 4.55. The average Bonchev–Trinajstić information content (AvgIpc) is 3.04. The fourth-order valence-electron chi connectivity index (χ4n) is 3.05. The van der Waals surface area contributed by atoms with E-state index in [1.54, 1.807) is 45.0 Å². The number of amides is 4. The summed E-state index contributed by atoms with van der Waals surface area (Å²) in [5.74, 6) is -3.35. The van der Waals surface area contributed by atoms with Crippen LogP contribution in [0.15, 0.2) is 36.4 Å². The second-order valence-electron chi connectivity index (χ2n) is 7.80. The predicted octanol–water partition coefficient (Wildman–Crippen LogP) is 0.779. The molecule has 9 heteroatoms. The Hall–Kier alpha value is -3.33. The highest BCUT2D eigenvalue weighted by Gasteiger charge is 2.30. The summed E-state index contributed by atoms with van der Waals surface area (Å²) in [5, 5.41) is 14.4. The van der Waals surface area contributed by atoms with Crippen LogP contribution in [-0.4, -0.2) is 52.0 Å². The Balaban J connectivity index is 1.92. The molecular weight excluding hydrogens is 402 g/mol. The van der Waals surface area contributed by atoms with Crippen molar-refractivity contribution in [2.75, 3.05) is 11.9 Å². The molecule has 31 heavy (non-hydrogen) atoms. The number of aliphatic hydroxyl groups is 1. The molecule has 0 bridgehead atoms. The molecule has 0 aliphatic carbocycles. The lowest BCUT2D eigenvalue weighted by Crippen LogP contribution is -2.49. The van der Waals surface area contributed by atoms with Gasteiger partial charge in [-0.25, -0.2) is 0 Å². The van der Waals surface area contributed by atoms with Gasteiger partial charge >= 0.3 is 0 Å². The van der Waals surface area contributed by atoms with Gasteiger partial charge in [-0.2, -0.15) is 0 Å². The first kappa shape index (κ1) is 23.9. The molecule has 1 heterocycles. The summed E-state index contributed by atoms with van der Waals surface area (Å²) in [7, 11) is 0. The van der Waals surface area contributed by atoms with Crippen molar-refractivity contribution >= 4 is 35.1 Å². The number of anilines is 1. The van der Waals surface area contributed by atoms with E-state index in [-0.39, 0.29) is 30.6 Å². The molecule has 1 aliphatic rings. The molecule has 166 valence electrons. The predicted molar refractivity (Wildman–Crippen MR) is 112 cm³/mol. The van der Waals surface area contributed by atoms with Gasteiger partial charge in [0.15, 0.2) is 5.78 Å². The number of ketones is 1. The minimum Gasteiger partial charge on any atom is -0.392 e. The zero-order chi connectivity index (χ0) is 23.1. The molecule has 2 rings (SSSR count). The molecule has 4 amide bonds. The zero-order valence-corrected chi connectivity index (χ0v) is 17.8. The van der Waals surface area contributed by atoms with Gasteiger partial charge in [0.1, 0.15) is 6.54 Å². The Kier molecular flexibility index (Phi) is 8.21. The Morgan fingerprint density at radius 1 is 1.00 bits per heavy atom. The molecule has 0 spiro atoms. The monoisotopic (exact) mass is 429 g/mol. The van der Waals surface area contributed by atoms with Crippen molar-refractivity contribution in [1.29, 1.82) is 0 Å². The third-order valence-corrected chi connectivity index (χ3v) is 4.89. The van der Waals surface area contributed by atoms with E-state index in [1.165, 1.54) is 0 Å². The second kappa shape index (κ2) is 10.6. The second-order valence-corrected chi connectivity index (χ2v) is 7.80. The molecule has 1 unspecified atom stereocenters. The minimum atomic E-state index is -0.854. The fourth-order valence-corrected chi connectivity index (χ4v) is 3.05. The largest absolute Gasteiger partial charge is 0.392 e. The van der Waals surface area contributed by atoms with Gasteiger partial charge in [-0.3, -0.25) is 28.9 Å². The number of hydrogen-bond acceptors (Lipinski definition) is 6. The molecule has 1 aromatic carbocycles. The van der Waals surface area contributed by atoms with Crippen LogP contribution in [0.2, 0.25) is 0 Å². The lowest BCUT2D eigenvalue weighted by atomic mass is 9.92. The van der Waals surface area contributed by atoms with Crippen molar-refractivity contribution in [2.24, 2.45) is 11.8 Å². The van der Waals surface area contributed by atoms with Crippen molar-refractivity contribution in [3.63, 3.8) is 0 Å². The third kappa shape index (κ3) is 6.58. The standard InChI is InChI=1S/C22H27N3O6/c1-13(2)21(24-18(28)11-25-19(29)8-9-20(25)30)17(27)10-14(3)22(31)23-16-6-4-15(12-26)5-7-16/h4-9,13-14,21,26H,10-12H2,1-3H3,(H,23,31)(H,24,28)/t14-,21?/m1/s1. The Labute approximate surface area is 180 Å². The van der Waals surface area contributed by atoms with Gasteiger partial charge in [0, 0.05) is 30.2 Å². The Bertz CT molecular complexity index is 873. The summed E-state index contributed by atoms with van der Waals surface area (Å²) < 4.78 is 0. The van der Waals surface area contributed by atoms with Crippen LogP contribution in [0.25, 0.3) is 0 Å². The van der Waals surface area contributed by atoms with Gasteiger partial charge < -0.3 is 15.7 Å². The summed E-state index contributed by atoms with van der Waals surface area (Å²) >= 11 is 0. The van der Waals surface area contributed by atoms with Crippen LogP contribution < -0.4 is 10.6 Å². The van der Waals surface area contributed by atoms with Crippen molar-refractivity contribution in [3.8, 4) is 0 Å². The summed E-state index contributed by atoms with van der Waals surface area (Å²) in [6.07, 6.45) is 2.07. The van der Waals surface area contributed by atoms with Gasteiger partial charge in [-0.15, -0.1) is 0 Å². The van der Waals surface area contributed by atoms with Gasteiger partial charge in [0.25, 0.3) is 11.8 Å². The van der Waals surface area contributed by atoms with Gasteiger partial charge in [0.05, 0.1) is 12.6 Å². The molecule has 0 aromatic heterocycles. The lowest BCUT2D eigenvalue weighted by Gasteiger charge is -2.24. The molecule has 9 nitrogen and oxygen atoms in total. The number of nitrogens with one attached hydrogen (secondary N) is 2. The number of aliphatic hydroxyl groups excluding tert-OH is 1. The molecule has 3 N–H and O–H groups in total. The first-order valence-electron chi connectivity index (χ1n) is 9.98. The molecule has 1 aromatic rings. The highest BCUT2D eigenvalue weighted by molar-refractivity contribution is 6.14. The maximum absolute atomic E-state index is 12.8. The molecule has 0 saturated carbocycles. The zero-order valence-electron chi connectivity index (χ0n) is 17.8. The van der Waals surface area contributed by atoms with Crippen LogP contribution in [0.5, 0.6) is 0 Å². The van der Waals surface area contributed by atoms with E-state index in [4.69, 9.17) is 5.11 Å². The van der Waals surface area contributed by atoms with Crippen molar-refractivity contribution in [1.82, 2.24) is 10.2 Å². The molecular formula is C22H27N3O6. The normalized spacial score (nSPS) is 15.2. The van der Waals surface area contributed by atoms with Crippen LogP contribution >= 0.6 is 0 Å². The van der Waals surface area contributed by atoms with E-state index < -0.39 is 36.2 Å². The van der Waals surface area contributed by atoms with Crippen LogP contribution in [0.3, 0.4) is 0 Å². The van der Waals surface area contributed by atoms with E-state index in [0.29, 0.717) is 11.3 Å². The van der Waals surface area contributed by atoms with E-state index in [1.807, 2.05) is 0 Å². The number of carbonyl (C=O) groups is 5. The number of benzene rings is 1. The van der Waals surface area contributed by atoms with Gasteiger partial charge in [-0.1, -0.05) is 32.9 Å². The number of nitrogens with zero attached hydrogens (tertiary/aromatic N) is 1. The number of hydrogen-bond donors (Lipinski definition) is 3. The van der Waals surface area contributed by atoms with E-state index in [9.17, 15) is 24.0 Å². The van der Waals surface area contributed by atoms with Crippen LogP contribution in [-0.2, 0) is 30.6 Å². The van der Waals surface area contributed by atoms with Crippen LogP contribution in [0, 0.1) is 11.8 Å². The molecule has 0 fully saturated rings. The topological polar surface area (TPSA) is 133 Å². The van der Waals surface area contributed by atoms with Gasteiger partial charge in [0.2, 0.25) is 11.8 Å². The number of imide groups is 1. The SMILES string of the molecule is CC(C)C(NC(=O)CN1C(=O)C=CC1=O)C(=O)C[C@@H](C)C(=O)Nc1ccc(CO)cc1. The fraction of sp³-hybridized carbons (Fsp3) is 0.409. The smallest absolute Gasteiger partial charge is 0.254 e. The third-order valence-electron chi connectivity index (χ3n) is 4.89. The van der Waals surface area contributed by atoms with Gasteiger partial charge in [-0.05, 0) is 23.6 Å². The highest BCUT2D eigenvalue weighted by atomic mass is 16.3. The van der Waals surface area contributed by atoms with Crippen molar-refractivity contribution < 1.29 is 29.1 Å². The molecule has 1 aliphatic heterocycles. The van der Waals surface area contributed by atoms with Crippen LogP contribution in [0.1, 0.15) is 32.8 Å². The number of rotatable bonds is 10. The number of Topliss-reactive ketones (excluding diaryl/α,β-unsaturated/α-hetero) is 1. The number of carbonyl (C=O) groups excluding carboxylic acids is 5. The van der Waals surface area contributed by atoms with Crippen LogP contribution in [0.4, 0.5) is 5.69 Å². The maximum Gasteiger partial charge on any atom is 0.254 e. The summed E-state index contributed by atoms with van der Waals surface area (Å²) in [6, 6.07) is 5.82. The molecule has 2 atom stereocenters. The average molecular weight is 429 g/mol. The molecule has 0 saturated heterocycles. The maximum atomic E-state index is 12.8. The van der Waals surface area contributed by atoms with E-state index in [2.05, 4.69) is 10.6 Å². The van der Waals surface area contributed by atoms with E-state index >= 15 is 0 Å². The summed E-state index contributed by atoms with van der Waals surface area (Å²) in [5.41, 5.74) is 1.26. The minimum absolute atomic E-state index is 0.0905. The van der Waals surface area contributed by atoms with Crippen molar-refractivity contribution in [2.45, 2.75) is 39.8 Å². The summed E-state index contributed by atoms with van der Waals surface area (Å²) in [4.78, 5) is 61.4. The van der Waals surface area contributed by atoms with Crippen molar-refractivity contribution in [3.05, 3.63) is 42.0 Å². The first-order valence-corrected chi connectivity index (χ1v) is 9.98. The highest BCUT2D eigenvalue weighted by Crippen LogP contribution is 2.15. The lowest BCUT2D eigenvalue weighted by molar-refractivity contribution is -0.141. The first-order chi connectivity index (χ1) is 14.6. The van der Waals surface area contributed by atoms with E-state index in [0.717, 1.165) is 17.1 Å².